The average molecular weight is 184 g/mol. The number of hydrogen-bond acceptors (Lipinski definition) is 2. The zero-order chi connectivity index (χ0) is 10.1. The van der Waals surface area contributed by atoms with Crippen LogP contribution in [0, 0.1) is 17.3 Å². The lowest BCUT2D eigenvalue weighted by molar-refractivity contribution is -0.148. The van der Waals surface area contributed by atoms with Crippen LogP contribution in [0.5, 0.6) is 0 Å². The fourth-order valence-electron chi connectivity index (χ4n) is 2.43. The molecular formula is C11H20O2. The highest BCUT2D eigenvalue weighted by molar-refractivity contribution is 5.73. The minimum Gasteiger partial charge on any atom is -0.469 e. The van der Waals surface area contributed by atoms with Gasteiger partial charge in [0.15, 0.2) is 0 Å². The molecule has 0 aromatic rings. The van der Waals surface area contributed by atoms with E-state index in [2.05, 4.69) is 20.8 Å². The minimum atomic E-state index is -0.0163. The van der Waals surface area contributed by atoms with E-state index in [9.17, 15) is 4.79 Å². The summed E-state index contributed by atoms with van der Waals surface area (Å²) in [4.78, 5) is 11.4. The van der Waals surface area contributed by atoms with Gasteiger partial charge in [-0.15, -0.1) is 0 Å². The number of hydrogen-bond donors (Lipinski definition) is 0. The average Bonchev–Trinajstić information content (AvgIpc) is 2.49. The van der Waals surface area contributed by atoms with E-state index in [1.54, 1.807) is 0 Å². The molecule has 0 N–H and O–H groups in total. The third kappa shape index (κ3) is 2.23. The molecule has 0 bridgehead atoms. The highest BCUT2D eigenvalue weighted by Gasteiger charge is 2.40. The minimum absolute atomic E-state index is 0.0163. The molecule has 1 unspecified atom stereocenters. The fraction of sp³-hybridized carbons (Fsp3) is 0.909. The fourth-order valence-corrected chi connectivity index (χ4v) is 2.43. The van der Waals surface area contributed by atoms with Gasteiger partial charge >= 0.3 is 5.97 Å². The van der Waals surface area contributed by atoms with Gasteiger partial charge in [0.2, 0.25) is 0 Å². The van der Waals surface area contributed by atoms with Crippen molar-refractivity contribution in [1.29, 1.82) is 0 Å². The molecule has 0 heterocycles. The Balaban J connectivity index is 2.70. The molecule has 0 radical (unpaired) electrons. The van der Waals surface area contributed by atoms with Crippen LogP contribution in [-0.2, 0) is 9.53 Å². The molecule has 1 aliphatic rings. The Hall–Kier alpha value is -0.530. The van der Waals surface area contributed by atoms with Gasteiger partial charge in [0.25, 0.3) is 0 Å². The molecule has 0 aromatic carbocycles. The first-order chi connectivity index (χ1) is 5.96. The molecule has 0 amide bonds. The van der Waals surface area contributed by atoms with Gasteiger partial charge in [-0.05, 0) is 24.2 Å². The molecule has 0 saturated heterocycles. The third-order valence-electron chi connectivity index (χ3n) is 3.13. The zero-order valence-electron chi connectivity index (χ0n) is 9.09. The van der Waals surface area contributed by atoms with Crippen molar-refractivity contribution in [3.63, 3.8) is 0 Å². The van der Waals surface area contributed by atoms with Crippen LogP contribution in [0.25, 0.3) is 0 Å². The Bertz CT molecular complexity index is 191. The summed E-state index contributed by atoms with van der Waals surface area (Å²) in [6, 6.07) is 0. The summed E-state index contributed by atoms with van der Waals surface area (Å²) < 4.78 is 4.82. The van der Waals surface area contributed by atoms with Crippen LogP contribution in [0.2, 0.25) is 0 Å². The van der Waals surface area contributed by atoms with E-state index < -0.39 is 0 Å². The predicted octanol–water partition coefficient (Wildman–Crippen LogP) is 2.62. The second-order valence-electron chi connectivity index (χ2n) is 5.03. The van der Waals surface area contributed by atoms with Gasteiger partial charge in [0, 0.05) is 0 Å². The SMILES string of the molecule is COC(=O)C1CCC[C@H]1C(C)(C)C. The Kier molecular flexibility index (Phi) is 2.99. The first kappa shape index (κ1) is 10.6. The molecule has 1 aliphatic carbocycles. The normalized spacial score (nSPS) is 28.9. The van der Waals surface area contributed by atoms with Crippen LogP contribution in [0.4, 0.5) is 0 Å². The van der Waals surface area contributed by atoms with Gasteiger partial charge in [-0.2, -0.15) is 0 Å². The number of ether oxygens (including phenoxy) is 1. The maximum Gasteiger partial charge on any atom is 0.308 e. The van der Waals surface area contributed by atoms with E-state index in [-0.39, 0.29) is 17.3 Å². The molecular weight excluding hydrogens is 164 g/mol. The molecule has 1 saturated carbocycles. The second kappa shape index (κ2) is 3.69. The van der Waals surface area contributed by atoms with Crippen molar-refractivity contribution in [3.8, 4) is 0 Å². The number of methoxy groups -OCH3 is 1. The summed E-state index contributed by atoms with van der Waals surface area (Å²) in [6.45, 7) is 6.62. The second-order valence-corrected chi connectivity index (χ2v) is 5.03. The molecule has 76 valence electrons. The van der Waals surface area contributed by atoms with Crippen LogP contribution in [0.15, 0.2) is 0 Å². The van der Waals surface area contributed by atoms with Gasteiger partial charge in [0.1, 0.15) is 0 Å². The van der Waals surface area contributed by atoms with Crippen LogP contribution in [0.1, 0.15) is 40.0 Å². The van der Waals surface area contributed by atoms with Crippen molar-refractivity contribution >= 4 is 5.97 Å². The first-order valence-electron chi connectivity index (χ1n) is 5.04. The van der Waals surface area contributed by atoms with E-state index in [1.165, 1.54) is 20.0 Å². The van der Waals surface area contributed by atoms with E-state index >= 15 is 0 Å². The Labute approximate surface area is 80.7 Å². The van der Waals surface area contributed by atoms with E-state index in [0.717, 1.165) is 6.42 Å². The lowest BCUT2D eigenvalue weighted by Gasteiger charge is -2.30. The predicted molar refractivity (Wildman–Crippen MR) is 52.3 cm³/mol. The Morgan fingerprint density at radius 2 is 1.92 bits per heavy atom. The van der Waals surface area contributed by atoms with Gasteiger partial charge in [-0.1, -0.05) is 27.2 Å². The van der Waals surface area contributed by atoms with E-state index in [4.69, 9.17) is 4.74 Å². The van der Waals surface area contributed by atoms with Crippen molar-refractivity contribution < 1.29 is 9.53 Å². The van der Waals surface area contributed by atoms with E-state index in [1.807, 2.05) is 0 Å². The molecule has 13 heavy (non-hydrogen) atoms. The van der Waals surface area contributed by atoms with Crippen molar-refractivity contribution in [3.05, 3.63) is 0 Å². The molecule has 1 rings (SSSR count). The largest absolute Gasteiger partial charge is 0.469 e. The van der Waals surface area contributed by atoms with Crippen LogP contribution < -0.4 is 0 Å². The zero-order valence-corrected chi connectivity index (χ0v) is 9.09. The Morgan fingerprint density at radius 3 is 2.38 bits per heavy atom. The van der Waals surface area contributed by atoms with Crippen LogP contribution in [0.3, 0.4) is 0 Å². The van der Waals surface area contributed by atoms with Crippen molar-refractivity contribution in [1.82, 2.24) is 0 Å². The highest BCUT2D eigenvalue weighted by atomic mass is 16.5. The van der Waals surface area contributed by atoms with Gasteiger partial charge in [-0.3, -0.25) is 4.79 Å². The summed E-state index contributed by atoms with van der Waals surface area (Å²) in [5.41, 5.74) is 0.232. The smallest absolute Gasteiger partial charge is 0.308 e. The van der Waals surface area contributed by atoms with Crippen molar-refractivity contribution in [2.24, 2.45) is 17.3 Å². The number of carbonyl (C=O) groups excluding carboxylic acids is 1. The third-order valence-corrected chi connectivity index (χ3v) is 3.13. The maximum absolute atomic E-state index is 11.4. The first-order valence-corrected chi connectivity index (χ1v) is 5.04. The highest BCUT2D eigenvalue weighted by Crippen LogP contribution is 2.43. The van der Waals surface area contributed by atoms with Crippen molar-refractivity contribution in [2.75, 3.05) is 7.11 Å². The summed E-state index contributed by atoms with van der Waals surface area (Å²) in [5, 5.41) is 0. The van der Waals surface area contributed by atoms with Crippen LogP contribution in [-0.4, -0.2) is 13.1 Å². The summed E-state index contributed by atoms with van der Waals surface area (Å²) >= 11 is 0. The van der Waals surface area contributed by atoms with Crippen LogP contribution >= 0.6 is 0 Å². The van der Waals surface area contributed by atoms with Gasteiger partial charge in [0.05, 0.1) is 13.0 Å². The van der Waals surface area contributed by atoms with Gasteiger partial charge < -0.3 is 4.74 Å². The maximum atomic E-state index is 11.4. The standard InChI is InChI=1S/C11H20O2/c1-11(2,3)9-7-5-6-8(9)10(12)13-4/h8-9H,5-7H2,1-4H3/t8?,9-/m1/s1. The molecule has 0 aromatic heterocycles. The molecule has 1 fully saturated rings. The van der Waals surface area contributed by atoms with E-state index in [0.29, 0.717) is 5.92 Å². The topological polar surface area (TPSA) is 26.3 Å². The molecule has 2 nitrogen and oxygen atoms in total. The van der Waals surface area contributed by atoms with Crippen molar-refractivity contribution in [2.45, 2.75) is 40.0 Å². The van der Waals surface area contributed by atoms with Gasteiger partial charge in [-0.25, -0.2) is 0 Å². The molecule has 2 heteroatoms. The summed E-state index contributed by atoms with van der Waals surface area (Å²) in [6.07, 6.45) is 3.35. The quantitative estimate of drug-likeness (QED) is 0.585. The summed E-state index contributed by atoms with van der Waals surface area (Å²) in [7, 11) is 1.49. The number of esters is 1. The lowest BCUT2D eigenvalue weighted by atomic mass is 9.75. The summed E-state index contributed by atoms with van der Waals surface area (Å²) in [5.74, 6) is 0.627. The monoisotopic (exact) mass is 184 g/mol. The molecule has 0 spiro atoms. The number of carbonyl (C=O) groups is 1. The lowest BCUT2D eigenvalue weighted by Crippen LogP contribution is -2.29. The molecule has 2 atom stereocenters. The molecule has 0 aliphatic heterocycles. The Morgan fingerprint density at radius 1 is 1.31 bits per heavy atom. The number of rotatable bonds is 1.